The first-order valence-electron chi connectivity index (χ1n) is 4.12. The summed E-state index contributed by atoms with van der Waals surface area (Å²) in [7, 11) is 0. The van der Waals surface area contributed by atoms with Gasteiger partial charge in [-0.1, -0.05) is 6.92 Å². The summed E-state index contributed by atoms with van der Waals surface area (Å²) >= 11 is -0.713. The molecule has 1 aliphatic rings. The minimum Gasteiger partial charge on any atom is -0.616 e. The van der Waals surface area contributed by atoms with Gasteiger partial charge >= 0.3 is 0 Å². The maximum Gasteiger partial charge on any atom is 0.194 e. The van der Waals surface area contributed by atoms with E-state index >= 15 is 0 Å². The van der Waals surface area contributed by atoms with Gasteiger partial charge in [0, 0.05) is 6.42 Å². The molecule has 1 atom stereocenters. The highest BCUT2D eigenvalue weighted by Crippen LogP contribution is 2.21. The lowest BCUT2D eigenvalue weighted by Crippen LogP contribution is -2.18. The summed E-state index contributed by atoms with van der Waals surface area (Å²) in [5.74, 6) is 3.04. The Morgan fingerprint density at radius 2 is 2.50 bits per heavy atom. The van der Waals surface area contributed by atoms with Gasteiger partial charge < -0.3 is 8.97 Å². The Morgan fingerprint density at radius 1 is 1.67 bits per heavy atom. The smallest absolute Gasteiger partial charge is 0.194 e. The predicted molar refractivity (Wildman–Crippen MR) is 46.3 cm³/mol. The summed E-state index contributed by atoms with van der Waals surface area (Å²) in [5.41, 5.74) is 0.913. The fourth-order valence-corrected chi connectivity index (χ4v) is 2.42. The molecule has 1 aromatic heterocycles. The molecule has 4 heteroatoms. The van der Waals surface area contributed by atoms with Gasteiger partial charge in [0.2, 0.25) is 0 Å². The number of rotatable bonds is 1. The van der Waals surface area contributed by atoms with E-state index in [-0.39, 0.29) is 0 Å². The van der Waals surface area contributed by atoms with Crippen LogP contribution in [0.4, 0.5) is 0 Å². The fraction of sp³-hybridized carbons (Fsp3) is 0.625. The van der Waals surface area contributed by atoms with Gasteiger partial charge in [0.25, 0.3) is 0 Å². The molecule has 1 unspecified atom stereocenters. The van der Waals surface area contributed by atoms with E-state index in [4.69, 9.17) is 4.42 Å². The van der Waals surface area contributed by atoms with Crippen LogP contribution < -0.4 is 0 Å². The van der Waals surface area contributed by atoms with Gasteiger partial charge in [-0.3, -0.25) is 0 Å². The Morgan fingerprint density at radius 3 is 3.25 bits per heavy atom. The van der Waals surface area contributed by atoms with Crippen molar-refractivity contribution in [3.05, 3.63) is 17.3 Å². The number of aryl methyl sites for hydroxylation is 2. The molecule has 0 saturated carbocycles. The van der Waals surface area contributed by atoms with Gasteiger partial charge in [0.05, 0.1) is 6.42 Å². The third-order valence-corrected chi connectivity index (χ3v) is 3.23. The van der Waals surface area contributed by atoms with Crippen LogP contribution in [0.3, 0.4) is 0 Å². The molecule has 0 amide bonds. The van der Waals surface area contributed by atoms with Crippen LogP contribution in [0, 0.1) is 0 Å². The Balaban J connectivity index is 2.28. The van der Waals surface area contributed by atoms with E-state index in [9.17, 15) is 4.55 Å². The first-order valence-corrected chi connectivity index (χ1v) is 5.61. The quantitative estimate of drug-likeness (QED) is 0.614. The largest absolute Gasteiger partial charge is 0.616 e. The van der Waals surface area contributed by atoms with Crippen LogP contribution in [-0.4, -0.2) is 15.3 Å². The maximum absolute atomic E-state index is 11.2. The minimum atomic E-state index is -0.713. The van der Waals surface area contributed by atoms with E-state index in [1.807, 2.05) is 6.92 Å². The summed E-state index contributed by atoms with van der Waals surface area (Å²) in [6, 6.07) is 0. The number of hydrogen-bond donors (Lipinski definition) is 0. The lowest BCUT2D eigenvalue weighted by atomic mass is 10.3. The van der Waals surface area contributed by atoms with Crippen molar-refractivity contribution in [3.63, 3.8) is 0 Å². The highest BCUT2D eigenvalue weighted by molar-refractivity contribution is 7.90. The van der Waals surface area contributed by atoms with Crippen molar-refractivity contribution in [2.75, 3.05) is 5.75 Å². The van der Waals surface area contributed by atoms with E-state index in [2.05, 4.69) is 4.98 Å². The first kappa shape index (κ1) is 8.13. The summed E-state index contributed by atoms with van der Waals surface area (Å²) in [6.45, 7) is 2.01. The van der Waals surface area contributed by atoms with Crippen molar-refractivity contribution >= 4 is 11.2 Å². The Kier molecular flexibility index (Phi) is 2.11. The third-order valence-electron chi connectivity index (χ3n) is 1.98. The molecule has 0 bridgehead atoms. The molecular formula is C8H11NO2S. The van der Waals surface area contributed by atoms with E-state index in [0.717, 1.165) is 35.9 Å². The van der Waals surface area contributed by atoms with Crippen molar-refractivity contribution in [3.8, 4) is 0 Å². The molecule has 1 aliphatic heterocycles. The highest BCUT2D eigenvalue weighted by Gasteiger charge is 2.24. The monoisotopic (exact) mass is 185 g/mol. The standard InChI is InChI=1S/C8H11NO2S/c1-2-8-9-6-5-12(10)4-3-7(6)11-8/h2-5H2,1H3. The van der Waals surface area contributed by atoms with E-state index < -0.39 is 11.2 Å². The molecule has 0 fully saturated rings. The van der Waals surface area contributed by atoms with Gasteiger partial charge in [-0.2, -0.15) is 0 Å². The fourth-order valence-electron chi connectivity index (χ4n) is 1.33. The Hall–Kier alpha value is -0.480. The van der Waals surface area contributed by atoms with Gasteiger partial charge in [0.1, 0.15) is 17.2 Å². The van der Waals surface area contributed by atoms with Crippen LogP contribution in [0.2, 0.25) is 0 Å². The molecule has 0 spiro atoms. The molecule has 0 aliphatic carbocycles. The average molecular weight is 185 g/mol. The van der Waals surface area contributed by atoms with Crippen molar-refractivity contribution in [2.45, 2.75) is 25.5 Å². The molecule has 2 heterocycles. The molecule has 66 valence electrons. The van der Waals surface area contributed by atoms with Crippen LogP contribution in [0.25, 0.3) is 0 Å². The summed E-state index contributed by atoms with van der Waals surface area (Å²) in [4.78, 5) is 4.26. The lowest BCUT2D eigenvalue weighted by molar-refractivity contribution is 0.460. The maximum atomic E-state index is 11.2. The van der Waals surface area contributed by atoms with Crippen molar-refractivity contribution in [1.29, 1.82) is 0 Å². The third kappa shape index (κ3) is 1.36. The summed E-state index contributed by atoms with van der Waals surface area (Å²) < 4.78 is 16.6. The molecule has 3 nitrogen and oxygen atoms in total. The second-order valence-corrected chi connectivity index (χ2v) is 4.45. The Bertz CT molecular complexity index is 285. The van der Waals surface area contributed by atoms with Gasteiger partial charge in [0.15, 0.2) is 11.6 Å². The Labute approximate surface area is 74.4 Å². The van der Waals surface area contributed by atoms with Gasteiger partial charge in [-0.15, -0.1) is 0 Å². The summed E-state index contributed by atoms with van der Waals surface area (Å²) in [6.07, 6.45) is 1.61. The molecule has 2 rings (SSSR count). The van der Waals surface area contributed by atoms with Gasteiger partial charge in [-0.25, -0.2) is 4.98 Å². The molecular weight excluding hydrogens is 174 g/mol. The lowest BCUT2D eigenvalue weighted by Gasteiger charge is -2.13. The minimum absolute atomic E-state index is 0.582. The zero-order valence-corrected chi connectivity index (χ0v) is 7.82. The van der Waals surface area contributed by atoms with Crippen LogP contribution in [0.1, 0.15) is 24.3 Å². The zero-order chi connectivity index (χ0) is 8.55. The number of fused-ring (bicyclic) bond motifs is 1. The SMILES string of the molecule is CCc1nc2c(o1)CC[S+]([O-])C2. The number of nitrogens with zero attached hydrogens (tertiary/aromatic N) is 1. The van der Waals surface area contributed by atoms with Crippen molar-refractivity contribution in [1.82, 2.24) is 4.98 Å². The van der Waals surface area contributed by atoms with Crippen molar-refractivity contribution in [2.24, 2.45) is 0 Å². The molecule has 1 aromatic rings. The molecule has 0 saturated heterocycles. The number of hydrogen-bond acceptors (Lipinski definition) is 3. The van der Waals surface area contributed by atoms with Crippen LogP contribution in [0.15, 0.2) is 4.42 Å². The number of oxazole rings is 1. The molecule has 0 aromatic carbocycles. The predicted octanol–water partition coefficient (Wildman–Crippen LogP) is 1.04. The molecule has 12 heavy (non-hydrogen) atoms. The van der Waals surface area contributed by atoms with E-state index in [1.165, 1.54) is 0 Å². The van der Waals surface area contributed by atoms with E-state index in [0.29, 0.717) is 5.75 Å². The van der Waals surface area contributed by atoms with Crippen LogP contribution in [-0.2, 0) is 29.8 Å². The molecule has 0 N–H and O–H groups in total. The van der Waals surface area contributed by atoms with Crippen LogP contribution >= 0.6 is 0 Å². The average Bonchev–Trinajstić information content (AvgIpc) is 2.46. The van der Waals surface area contributed by atoms with Crippen molar-refractivity contribution < 1.29 is 8.97 Å². The second-order valence-electron chi connectivity index (χ2n) is 2.87. The summed E-state index contributed by atoms with van der Waals surface area (Å²) in [5, 5.41) is 0. The topological polar surface area (TPSA) is 49.1 Å². The highest BCUT2D eigenvalue weighted by atomic mass is 32.2. The van der Waals surface area contributed by atoms with Crippen LogP contribution in [0.5, 0.6) is 0 Å². The number of aromatic nitrogens is 1. The zero-order valence-electron chi connectivity index (χ0n) is 7.00. The van der Waals surface area contributed by atoms with E-state index in [1.54, 1.807) is 0 Å². The second kappa shape index (κ2) is 3.11. The van der Waals surface area contributed by atoms with Gasteiger partial charge in [-0.05, 0) is 11.2 Å². The molecule has 0 radical (unpaired) electrons. The normalized spacial score (nSPS) is 22.3. The first-order chi connectivity index (χ1) is 5.79.